The van der Waals surface area contributed by atoms with Crippen LogP contribution in [0.1, 0.15) is 28.7 Å². The van der Waals surface area contributed by atoms with Crippen molar-refractivity contribution in [1.82, 2.24) is 14.8 Å². The number of para-hydroxylation sites is 1. The Balaban J connectivity index is 1.63. The second-order valence-corrected chi connectivity index (χ2v) is 8.99. The third-order valence-electron chi connectivity index (χ3n) is 4.52. The quantitative estimate of drug-likeness (QED) is 0.234. The van der Waals surface area contributed by atoms with E-state index < -0.39 is 5.97 Å². The summed E-state index contributed by atoms with van der Waals surface area (Å²) in [5, 5.41) is 12.0. The average molecular weight is 483 g/mol. The Morgan fingerprint density at radius 1 is 1.12 bits per heavy atom. The molecule has 1 heterocycles. The van der Waals surface area contributed by atoms with Crippen LogP contribution in [0.2, 0.25) is 0 Å². The number of benzene rings is 2. The van der Waals surface area contributed by atoms with Gasteiger partial charge in [0.2, 0.25) is 5.91 Å². The molecule has 0 unspecified atom stereocenters. The second-order valence-electron chi connectivity index (χ2n) is 7.00. The number of allylic oxidation sites excluding steroid dienone is 1. The van der Waals surface area contributed by atoms with Gasteiger partial charge in [0.15, 0.2) is 5.16 Å². The van der Waals surface area contributed by atoms with Crippen molar-refractivity contribution in [3.05, 3.63) is 78.1 Å². The summed E-state index contributed by atoms with van der Waals surface area (Å²) in [6.07, 6.45) is 1.78. The molecule has 2 aromatic carbocycles. The minimum absolute atomic E-state index is 0.123. The number of carbonyl (C=O) groups is 2. The number of nitrogens with one attached hydrogen (secondary N) is 1. The van der Waals surface area contributed by atoms with Crippen LogP contribution in [-0.4, -0.2) is 39.0 Å². The number of aromatic nitrogens is 3. The van der Waals surface area contributed by atoms with Gasteiger partial charge >= 0.3 is 5.97 Å². The summed E-state index contributed by atoms with van der Waals surface area (Å²) in [5.74, 6) is 0.875. The number of carbonyl (C=O) groups excluding carboxylic acids is 2. The highest BCUT2D eigenvalue weighted by molar-refractivity contribution is 7.99. The monoisotopic (exact) mass is 482 g/mol. The van der Waals surface area contributed by atoms with Crippen LogP contribution in [0.3, 0.4) is 0 Å². The third-order valence-corrected chi connectivity index (χ3v) is 6.50. The van der Waals surface area contributed by atoms with Gasteiger partial charge in [0.25, 0.3) is 0 Å². The number of nitrogens with zero attached hydrogens (tertiary/aromatic N) is 3. The van der Waals surface area contributed by atoms with Crippen LogP contribution in [0.5, 0.6) is 0 Å². The molecular weight excluding hydrogens is 456 g/mol. The average Bonchev–Trinajstić information content (AvgIpc) is 3.19. The zero-order valence-corrected chi connectivity index (χ0v) is 20.2. The maximum absolute atomic E-state index is 12.6. The van der Waals surface area contributed by atoms with Gasteiger partial charge in [-0.15, -0.1) is 28.5 Å². The smallest absolute Gasteiger partial charge is 0.340 e. The van der Waals surface area contributed by atoms with E-state index in [9.17, 15) is 9.59 Å². The maximum Gasteiger partial charge on any atom is 0.340 e. The molecule has 0 atom stereocenters. The molecule has 0 aliphatic carbocycles. The molecule has 1 N–H and O–H groups in total. The van der Waals surface area contributed by atoms with E-state index in [0.717, 1.165) is 10.7 Å². The lowest BCUT2D eigenvalue weighted by molar-refractivity contribution is -0.113. The van der Waals surface area contributed by atoms with Crippen molar-refractivity contribution in [2.75, 3.05) is 17.7 Å². The fourth-order valence-corrected chi connectivity index (χ4v) is 4.53. The van der Waals surface area contributed by atoms with Crippen LogP contribution >= 0.6 is 23.5 Å². The molecule has 1 amide bonds. The lowest BCUT2D eigenvalue weighted by Gasteiger charge is -2.10. The molecule has 0 spiro atoms. The Morgan fingerprint density at radius 2 is 1.88 bits per heavy atom. The van der Waals surface area contributed by atoms with E-state index in [2.05, 4.69) is 53.3 Å². The number of rotatable bonds is 11. The standard InChI is InChI=1S/C24H26N4O3S2/c1-4-14-28-21(15-32-18-12-10-17(3)11-13-18)26-27-24(28)33-16-22(29)25-20-9-7-6-8-19(20)23(30)31-5-2/h4,6-13H,1,5,14-16H2,2-3H3,(H,25,29). The first-order valence-corrected chi connectivity index (χ1v) is 12.4. The van der Waals surface area contributed by atoms with E-state index in [-0.39, 0.29) is 18.3 Å². The van der Waals surface area contributed by atoms with Crippen molar-refractivity contribution in [2.24, 2.45) is 0 Å². The SMILES string of the molecule is C=CCn1c(CSc2ccc(C)cc2)nnc1SCC(=O)Nc1ccccc1C(=O)OCC. The summed E-state index contributed by atoms with van der Waals surface area (Å²) >= 11 is 2.97. The molecule has 3 rings (SSSR count). The van der Waals surface area contributed by atoms with Crippen molar-refractivity contribution in [2.45, 2.75) is 36.2 Å². The van der Waals surface area contributed by atoms with E-state index in [1.54, 1.807) is 49.0 Å². The summed E-state index contributed by atoms with van der Waals surface area (Å²) in [7, 11) is 0. The highest BCUT2D eigenvalue weighted by Gasteiger charge is 2.16. The lowest BCUT2D eigenvalue weighted by atomic mass is 10.2. The molecule has 1 aromatic heterocycles. The molecule has 0 bridgehead atoms. The van der Waals surface area contributed by atoms with Gasteiger partial charge in [0, 0.05) is 11.4 Å². The maximum atomic E-state index is 12.6. The molecule has 0 saturated carbocycles. The zero-order valence-electron chi connectivity index (χ0n) is 18.6. The fourth-order valence-electron chi connectivity index (χ4n) is 2.92. The Labute approximate surface area is 202 Å². The van der Waals surface area contributed by atoms with Gasteiger partial charge in [-0.25, -0.2) is 4.79 Å². The summed E-state index contributed by atoms with van der Waals surface area (Å²) in [6.45, 7) is 8.43. The number of aryl methyl sites for hydroxylation is 1. The van der Waals surface area contributed by atoms with Crippen molar-refractivity contribution in [1.29, 1.82) is 0 Å². The van der Waals surface area contributed by atoms with Crippen molar-refractivity contribution < 1.29 is 14.3 Å². The molecule has 172 valence electrons. The Bertz CT molecular complexity index is 1110. The van der Waals surface area contributed by atoms with Gasteiger partial charge < -0.3 is 14.6 Å². The number of anilines is 1. The lowest BCUT2D eigenvalue weighted by Crippen LogP contribution is -2.17. The summed E-state index contributed by atoms with van der Waals surface area (Å²) in [5.41, 5.74) is 1.96. The highest BCUT2D eigenvalue weighted by atomic mass is 32.2. The van der Waals surface area contributed by atoms with Gasteiger partial charge in [-0.2, -0.15) is 0 Å². The Morgan fingerprint density at radius 3 is 2.61 bits per heavy atom. The summed E-state index contributed by atoms with van der Waals surface area (Å²) in [4.78, 5) is 25.8. The molecule has 7 nitrogen and oxygen atoms in total. The minimum atomic E-state index is -0.470. The van der Waals surface area contributed by atoms with Gasteiger partial charge in [0.1, 0.15) is 5.82 Å². The number of hydrogen-bond acceptors (Lipinski definition) is 7. The molecule has 33 heavy (non-hydrogen) atoms. The molecule has 0 aliphatic heterocycles. The number of amides is 1. The largest absolute Gasteiger partial charge is 0.462 e. The Hall–Kier alpha value is -3.04. The van der Waals surface area contributed by atoms with E-state index in [1.165, 1.54) is 17.3 Å². The molecular formula is C24H26N4O3S2. The number of ether oxygens (including phenoxy) is 1. The second kappa shape index (κ2) is 12.3. The van der Waals surface area contributed by atoms with Crippen molar-refractivity contribution in [3.8, 4) is 0 Å². The first-order chi connectivity index (χ1) is 16.0. The van der Waals surface area contributed by atoms with Gasteiger partial charge in [-0.3, -0.25) is 4.79 Å². The molecule has 0 radical (unpaired) electrons. The van der Waals surface area contributed by atoms with Gasteiger partial charge in [-0.05, 0) is 38.1 Å². The molecule has 0 aliphatic rings. The molecule has 0 saturated heterocycles. The van der Waals surface area contributed by atoms with Crippen molar-refractivity contribution >= 4 is 41.1 Å². The normalized spacial score (nSPS) is 10.6. The molecule has 9 heteroatoms. The number of esters is 1. The first-order valence-electron chi connectivity index (χ1n) is 10.4. The van der Waals surface area contributed by atoms with Crippen LogP contribution < -0.4 is 5.32 Å². The van der Waals surface area contributed by atoms with Crippen LogP contribution in [0.4, 0.5) is 5.69 Å². The predicted octanol–water partition coefficient (Wildman–Crippen LogP) is 4.97. The first kappa shape index (κ1) is 24.6. The van der Waals surface area contributed by atoms with E-state index in [0.29, 0.717) is 28.7 Å². The van der Waals surface area contributed by atoms with Crippen LogP contribution in [-0.2, 0) is 21.8 Å². The van der Waals surface area contributed by atoms with E-state index in [4.69, 9.17) is 4.74 Å². The number of thioether (sulfide) groups is 2. The van der Waals surface area contributed by atoms with Gasteiger partial charge in [0.05, 0.1) is 29.4 Å². The van der Waals surface area contributed by atoms with E-state index >= 15 is 0 Å². The topological polar surface area (TPSA) is 86.1 Å². The summed E-state index contributed by atoms with van der Waals surface area (Å²) in [6, 6.07) is 15.1. The third kappa shape index (κ3) is 6.97. The predicted molar refractivity (Wildman–Crippen MR) is 133 cm³/mol. The van der Waals surface area contributed by atoms with Gasteiger partial charge in [-0.1, -0.05) is 47.7 Å². The van der Waals surface area contributed by atoms with Crippen LogP contribution in [0.15, 0.2) is 71.2 Å². The van der Waals surface area contributed by atoms with Crippen LogP contribution in [0.25, 0.3) is 0 Å². The van der Waals surface area contributed by atoms with Crippen LogP contribution in [0, 0.1) is 6.92 Å². The fraction of sp³-hybridized carbons (Fsp3) is 0.250. The highest BCUT2D eigenvalue weighted by Crippen LogP contribution is 2.25. The van der Waals surface area contributed by atoms with E-state index in [1.807, 2.05) is 4.57 Å². The molecule has 0 fully saturated rings. The summed E-state index contributed by atoms with van der Waals surface area (Å²) < 4.78 is 7.01. The number of hydrogen-bond donors (Lipinski definition) is 1. The minimum Gasteiger partial charge on any atom is -0.462 e. The van der Waals surface area contributed by atoms with Crippen molar-refractivity contribution in [3.63, 3.8) is 0 Å². The zero-order chi connectivity index (χ0) is 23.6. The molecule has 3 aromatic rings. The Kier molecular flexibility index (Phi) is 9.14.